The van der Waals surface area contributed by atoms with Gasteiger partial charge in [0, 0.05) is 28.8 Å². The highest BCUT2D eigenvalue weighted by Crippen LogP contribution is 2.49. The molecule has 1 aliphatic heterocycles. The number of carbonyl (C=O) groups is 2. The monoisotopic (exact) mass is 558 g/mol. The molecule has 2 heterocycles. The van der Waals surface area contributed by atoms with E-state index in [1.165, 1.54) is 6.07 Å². The van der Waals surface area contributed by atoms with Crippen molar-refractivity contribution in [1.82, 2.24) is 5.16 Å². The third-order valence-electron chi connectivity index (χ3n) is 8.69. The van der Waals surface area contributed by atoms with E-state index in [9.17, 15) is 9.59 Å². The number of ether oxygens (including phenoxy) is 2. The number of benzene rings is 2. The van der Waals surface area contributed by atoms with Gasteiger partial charge in [0.2, 0.25) is 5.91 Å². The van der Waals surface area contributed by atoms with Crippen LogP contribution in [-0.2, 0) is 20.9 Å². The number of fused-ring (bicyclic) bond motifs is 2. The van der Waals surface area contributed by atoms with Gasteiger partial charge < -0.3 is 18.9 Å². The van der Waals surface area contributed by atoms with Gasteiger partial charge in [0.25, 0.3) is 0 Å². The zero-order chi connectivity index (χ0) is 28.5. The molecule has 41 heavy (non-hydrogen) atoms. The smallest absolute Gasteiger partial charge is 0.338 e. The Kier molecular flexibility index (Phi) is 6.30. The maximum atomic E-state index is 15.2. The lowest BCUT2D eigenvalue weighted by molar-refractivity contribution is -0.126. The molecule has 7 nitrogen and oxygen atoms in total. The number of anilines is 1. The first kappa shape index (κ1) is 26.4. The number of carbonyl (C=O) groups excluding carboxylic acids is 2. The average Bonchev–Trinajstić information content (AvgIpc) is 3.85. The van der Waals surface area contributed by atoms with Crippen LogP contribution in [0.15, 0.2) is 47.0 Å². The second kappa shape index (κ2) is 9.79. The van der Waals surface area contributed by atoms with Crippen LogP contribution in [0.3, 0.4) is 0 Å². The Bertz CT molecular complexity index is 1500. The molecule has 4 fully saturated rings. The molecule has 3 aliphatic carbocycles. The van der Waals surface area contributed by atoms with Crippen molar-refractivity contribution < 1.29 is 28.0 Å². The summed E-state index contributed by atoms with van der Waals surface area (Å²) < 4.78 is 32.9. The standard InChI is InChI=1S/C33H35FN2O5/c1-33(2,3)40-32(38)20-11-13-21(14-12-20)36-22-15-24(31(36)37)27(16-22)39-17-25-29(35-41-30(25)19-9-10-19)28-23(18-7-8-18)5-4-6-26(28)34/h4-6,11-14,18-19,22,24,27H,7-10,15-17H2,1-3H3/t22-,24+,27+/m0/s1. The summed E-state index contributed by atoms with van der Waals surface area (Å²) in [5.41, 5.74) is 3.56. The Labute approximate surface area is 239 Å². The molecular weight excluding hydrogens is 523 g/mol. The quantitative estimate of drug-likeness (QED) is 0.280. The van der Waals surface area contributed by atoms with Crippen LogP contribution >= 0.6 is 0 Å². The zero-order valence-electron chi connectivity index (χ0n) is 23.7. The van der Waals surface area contributed by atoms with Crippen molar-refractivity contribution in [3.8, 4) is 11.3 Å². The van der Waals surface area contributed by atoms with Gasteiger partial charge in [-0.2, -0.15) is 0 Å². The predicted octanol–water partition coefficient (Wildman–Crippen LogP) is 6.90. The Hall–Kier alpha value is -3.52. The van der Waals surface area contributed by atoms with E-state index in [0.29, 0.717) is 28.7 Å². The lowest BCUT2D eigenvalue weighted by atomic mass is 9.96. The molecule has 0 radical (unpaired) electrons. The first-order valence-electron chi connectivity index (χ1n) is 14.7. The van der Waals surface area contributed by atoms with Gasteiger partial charge in [-0.15, -0.1) is 0 Å². The molecule has 3 saturated carbocycles. The molecule has 2 bridgehead atoms. The van der Waals surface area contributed by atoms with Crippen LogP contribution in [0.1, 0.15) is 98.4 Å². The highest BCUT2D eigenvalue weighted by Gasteiger charge is 2.52. The van der Waals surface area contributed by atoms with Gasteiger partial charge >= 0.3 is 5.97 Å². The Morgan fingerprint density at radius 2 is 1.78 bits per heavy atom. The minimum Gasteiger partial charge on any atom is -0.456 e. The van der Waals surface area contributed by atoms with Crippen LogP contribution in [0, 0.1) is 11.7 Å². The third-order valence-corrected chi connectivity index (χ3v) is 8.69. The normalized spacial score (nSPS) is 23.9. The number of aromatic nitrogens is 1. The molecule has 8 heteroatoms. The maximum Gasteiger partial charge on any atom is 0.338 e. The number of halogens is 1. The van der Waals surface area contributed by atoms with Gasteiger partial charge in [0.1, 0.15) is 22.9 Å². The van der Waals surface area contributed by atoms with E-state index in [1.807, 2.05) is 43.9 Å². The Morgan fingerprint density at radius 1 is 1.05 bits per heavy atom. The molecule has 1 amide bonds. The van der Waals surface area contributed by atoms with Gasteiger partial charge in [0.15, 0.2) is 0 Å². The lowest BCUT2D eigenvalue weighted by Gasteiger charge is -2.31. The molecule has 0 unspecified atom stereocenters. The van der Waals surface area contributed by atoms with Crippen molar-refractivity contribution >= 4 is 17.6 Å². The summed E-state index contributed by atoms with van der Waals surface area (Å²) >= 11 is 0. The molecule has 3 aromatic rings. The zero-order valence-corrected chi connectivity index (χ0v) is 23.7. The van der Waals surface area contributed by atoms with Gasteiger partial charge in [0.05, 0.1) is 24.2 Å². The van der Waals surface area contributed by atoms with Gasteiger partial charge in [-0.25, -0.2) is 9.18 Å². The van der Waals surface area contributed by atoms with E-state index in [2.05, 4.69) is 5.16 Å². The van der Waals surface area contributed by atoms with E-state index < -0.39 is 5.60 Å². The maximum absolute atomic E-state index is 15.2. The number of hydrogen-bond donors (Lipinski definition) is 0. The van der Waals surface area contributed by atoms with Crippen molar-refractivity contribution in [3.63, 3.8) is 0 Å². The number of nitrogens with zero attached hydrogens (tertiary/aromatic N) is 2. The van der Waals surface area contributed by atoms with Crippen molar-refractivity contribution in [3.05, 3.63) is 70.7 Å². The molecule has 2 aromatic carbocycles. The summed E-state index contributed by atoms with van der Waals surface area (Å²) in [7, 11) is 0. The second-order valence-corrected chi connectivity index (χ2v) is 13.0. The largest absolute Gasteiger partial charge is 0.456 e. The molecule has 214 valence electrons. The second-order valence-electron chi connectivity index (χ2n) is 13.0. The van der Waals surface area contributed by atoms with E-state index in [4.69, 9.17) is 14.0 Å². The van der Waals surface area contributed by atoms with Crippen molar-refractivity contribution in [2.24, 2.45) is 5.92 Å². The molecule has 7 rings (SSSR count). The van der Waals surface area contributed by atoms with E-state index >= 15 is 4.39 Å². The average molecular weight is 559 g/mol. The molecule has 1 saturated heterocycles. The molecule has 0 spiro atoms. The topological polar surface area (TPSA) is 81.9 Å². The number of hydrogen-bond acceptors (Lipinski definition) is 6. The van der Waals surface area contributed by atoms with Crippen LogP contribution in [0.2, 0.25) is 0 Å². The molecular formula is C33H35FN2O5. The van der Waals surface area contributed by atoms with E-state index in [1.54, 1.807) is 18.2 Å². The van der Waals surface area contributed by atoms with Crippen molar-refractivity contribution in [2.75, 3.05) is 4.90 Å². The third kappa shape index (κ3) is 4.96. The minimum atomic E-state index is -0.573. The van der Waals surface area contributed by atoms with E-state index in [-0.39, 0.29) is 42.4 Å². The number of rotatable bonds is 8. The Morgan fingerprint density at radius 3 is 2.44 bits per heavy atom. The van der Waals surface area contributed by atoms with Crippen molar-refractivity contribution in [2.45, 2.75) is 95.5 Å². The lowest BCUT2D eigenvalue weighted by Crippen LogP contribution is -2.43. The fourth-order valence-corrected chi connectivity index (χ4v) is 6.46. The minimum absolute atomic E-state index is 0.0303. The number of esters is 1. The molecule has 0 N–H and O–H groups in total. The number of piperidine rings is 1. The Balaban J connectivity index is 1.07. The molecule has 1 aromatic heterocycles. The molecule has 4 aliphatic rings. The van der Waals surface area contributed by atoms with Gasteiger partial charge in [-0.3, -0.25) is 4.79 Å². The highest BCUT2D eigenvalue weighted by molar-refractivity contribution is 6.00. The summed E-state index contributed by atoms with van der Waals surface area (Å²) in [6, 6.07) is 12.3. The summed E-state index contributed by atoms with van der Waals surface area (Å²) in [6.45, 7) is 5.74. The van der Waals surface area contributed by atoms with Crippen LogP contribution < -0.4 is 4.90 Å². The summed E-state index contributed by atoms with van der Waals surface area (Å²) in [5, 5.41) is 4.37. The van der Waals surface area contributed by atoms with Gasteiger partial charge in [-0.05, 0) is 101 Å². The summed E-state index contributed by atoms with van der Waals surface area (Å²) in [6.07, 6.45) is 5.40. The highest BCUT2D eigenvalue weighted by atomic mass is 19.1. The SMILES string of the molecule is CC(C)(C)OC(=O)c1ccc(N2C(=O)[C@@H]3C[C@H]2C[C@H]3OCc2c(-c3c(F)cccc3C3CC3)noc2C2CC2)cc1. The van der Waals surface area contributed by atoms with Crippen LogP contribution in [0.25, 0.3) is 11.3 Å². The van der Waals surface area contributed by atoms with Gasteiger partial charge in [-0.1, -0.05) is 17.3 Å². The van der Waals surface area contributed by atoms with Crippen LogP contribution in [-0.4, -0.2) is 34.8 Å². The van der Waals surface area contributed by atoms with Crippen LogP contribution in [0.4, 0.5) is 10.1 Å². The summed E-state index contributed by atoms with van der Waals surface area (Å²) in [5.74, 6) is 0.587. The van der Waals surface area contributed by atoms with E-state index in [0.717, 1.165) is 61.1 Å². The number of amides is 1. The molecule has 3 atom stereocenters. The predicted molar refractivity (Wildman–Crippen MR) is 150 cm³/mol. The van der Waals surface area contributed by atoms with Crippen LogP contribution in [0.5, 0.6) is 0 Å². The summed E-state index contributed by atoms with van der Waals surface area (Å²) in [4.78, 5) is 27.7. The fourth-order valence-electron chi connectivity index (χ4n) is 6.46. The van der Waals surface area contributed by atoms with Crippen molar-refractivity contribution in [1.29, 1.82) is 0 Å². The fraction of sp³-hybridized carbons (Fsp3) is 0.485. The first-order valence-corrected chi connectivity index (χ1v) is 14.7. The first-order chi connectivity index (χ1) is 19.7.